The molecule has 0 aliphatic heterocycles. The zero-order valence-corrected chi connectivity index (χ0v) is 16.9. The number of aromatic nitrogens is 1. The average Bonchev–Trinajstić information content (AvgIpc) is 2.94. The van der Waals surface area contributed by atoms with Crippen molar-refractivity contribution in [1.82, 2.24) is 15.2 Å². The van der Waals surface area contributed by atoms with Crippen LogP contribution in [0.15, 0.2) is 27.6 Å². The van der Waals surface area contributed by atoms with Crippen LogP contribution in [0.5, 0.6) is 5.75 Å². The fourth-order valence-corrected chi connectivity index (χ4v) is 4.31. The summed E-state index contributed by atoms with van der Waals surface area (Å²) in [6, 6.07) is 4.89. The molecule has 0 unspecified atom stereocenters. The topological polar surface area (TPSA) is 111 Å². The van der Waals surface area contributed by atoms with Gasteiger partial charge < -0.3 is 14.6 Å². The molecule has 148 valence electrons. The molecule has 1 aromatic carbocycles. The monoisotopic (exact) mass is 395 g/mol. The van der Waals surface area contributed by atoms with Crippen molar-refractivity contribution in [3.63, 3.8) is 0 Å². The van der Waals surface area contributed by atoms with E-state index >= 15 is 0 Å². The van der Waals surface area contributed by atoms with Crippen LogP contribution in [0, 0.1) is 20.8 Å². The third-order valence-corrected chi connectivity index (χ3v) is 5.88. The molecule has 0 spiro atoms. The van der Waals surface area contributed by atoms with E-state index < -0.39 is 22.0 Å². The maximum absolute atomic E-state index is 12.5. The molecule has 2 aromatic rings. The van der Waals surface area contributed by atoms with Crippen LogP contribution in [0.1, 0.15) is 29.5 Å². The summed E-state index contributed by atoms with van der Waals surface area (Å²) in [5, 5.41) is 6.37. The highest BCUT2D eigenvalue weighted by Gasteiger charge is 2.28. The number of carbonyl (C=O) groups is 1. The summed E-state index contributed by atoms with van der Waals surface area (Å²) in [6.45, 7) is 6.86. The van der Waals surface area contributed by atoms with Crippen molar-refractivity contribution in [2.24, 2.45) is 0 Å². The van der Waals surface area contributed by atoms with E-state index in [0.717, 1.165) is 16.9 Å². The second-order valence-electron chi connectivity index (χ2n) is 6.35. The van der Waals surface area contributed by atoms with Crippen LogP contribution in [0.4, 0.5) is 0 Å². The Bertz CT molecular complexity index is 902. The molecule has 0 fully saturated rings. The minimum atomic E-state index is -3.90. The number of nitrogens with one attached hydrogen (secondary N) is 2. The quantitative estimate of drug-likeness (QED) is 0.703. The van der Waals surface area contributed by atoms with E-state index in [1.165, 1.54) is 20.8 Å². The zero-order chi connectivity index (χ0) is 20.2. The van der Waals surface area contributed by atoms with E-state index in [4.69, 9.17) is 9.26 Å². The number of sulfonamides is 1. The highest BCUT2D eigenvalue weighted by molar-refractivity contribution is 7.89. The predicted octanol–water partition coefficient (Wildman–Crippen LogP) is 1.63. The number of amides is 1. The first-order valence-corrected chi connectivity index (χ1v) is 10.0. The molecule has 2 rings (SSSR count). The Balaban J connectivity index is 1.96. The number of methoxy groups -OCH3 is 1. The summed E-state index contributed by atoms with van der Waals surface area (Å²) in [7, 11) is -2.31. The molecule has 0 radical (unpaired) electrons. The Morgan fingerprint density at radius 3 is 2.59 bits per heavy atom. The summed E-state index contributed by atoms with van der Waals surface area (Å²) >= 11 is 0. The van der Waals surface area contributed by atoms with Crippen LogP contribution in [-0.2, 0) is 21.2 Å². The first kappa shape index (κ1) is 20.9. The van der Waals surface area contributed by atoms with Crippen LogP contribution >= 0.6 is 0 Å². The van der Waals surface area contributed by atoms with Crippen molar-refractivity contribution in [2.75, 3.05) is 13.7 Å². The van der Waals surface area contributed by atoms with Gasteiger partial charge in [-0.25, -0.2) is 8.42 Å². The number of benzene rings is 1. The van der Waals surface area contributed by atoms with E-state index in [0.29, 0.717) is 13.0 Å². The predicted molar refractivity (Wildman–Crippen MR) is 100 cm³/mol. The number of nitrogens with zero attached hydrogens (tertiary/aromatic N) is 1. The summed E-state index contributed by atoms with van der Waals surface area (Å²) in [5.41, 5.74) is 2.32. The van der Waals surface area contributed by atoms with Crippen molar-refractivity contribution in [3.05, 3.63) is 40.8 Å². The van der Waals surface area contributed by atoms with Gasteiger partial charge in [-0.2, -0.15) is 4.72 Å². The van der Waals surface area contributed by atoms with E-state index in [2.05, 4.69) is 15.2 Å². The normalized spacial score (nSPS) is 12.6. The van der Waals surface area contributed by atoms with Crippen molar-refractivity contribution >= 4 is 15.9 Å². The second-order valence-corrected chi connectivity index (χ2v) is 8.00. The van der Waals surface area contributed by atoms with Crippen LogP contribution in [0.25, 0.3) is 0 Å². The molecule has 8 nitrogen and oxygen atoms in total. The van der Waals surface area contributed by atoms with Gasteiger partial charge in [0, 0.05) is 6.54 Å². The largest absolute Gasteiger partial charge is 0.496 e. The summed E-state index contributed by atoms with van der Waals surface area (Å²) < 4.78 is 37.5. The van der Waals surface area contributed by atoms with Gasteiger partial charge >= 0.3 is 0 Å². The molecule has 1 atom stereocenters. The van der Waals surface area contributed by atoms with E-state index in [-0.39, 0.29) is 16.3 Å². The lowest BCUT2D eigenvalue weighted by atomic mass is 10.1. The van der Waals surface area contributed by atoms with Gasteiger partial charge in [0.05, 0.1) is 13.2 Å². The van der Waals surface area contributed by atoms with Gasteiger partial charge in [-0.1, -0.05) is 22.9 Å². The van der Waals surface area contributed by atoms with Gasteiger partial charge in [0.1, 0.15) is 16.3 Å². The summed E-state index contributed by atoms with van der Waals surface area (Å²) in [4.78, 5) is 12.2. The average molecular weight is 395 g/mol. The van der Waals surface area contributed by atoms with E-state index in [1.54, 1.807) is 7.11 Å². The van der Waals surface area contributed by atoms with E-state index in [9.17, 15) is 13.2 Å². The van der Waals surface area contributed by atoms with E-state index in [1.807, 2.05) is 25.1 Å². The molecule has 27 heavy (non-hydrogen) atoms. The Kier molecular flexibility index (Phi) is 6.61. The Morgan fingerprint density at radius 1 is 1.30 bits per heavy atom. The highest BCUT2D eigenvalue weighted by atomic mass is 32.2. The molecule has 1 heterocycles. The van der Waals surface area contributed by atoms with Crippen LogP contribution in [0.2, 0.25) is 0 Å². The lowest BCUT2D eigenvalue weighted by Crippen LogP contribution is -2.45. The Morgan fingerprint density at radius 2 is 2.00 bits per heavy atom. The van der Waals surface area contributed by atoms with Gasteiger partial charge in [0.25, 0.3) is 0 Å². The maximum Gasteiger partial charge on any atom is 0.246 e. The lowest BCUT2D eigenvalue weighted by Gasteiger charge is -2.15. The fourth-order valence-electron chi connectivity index (χ4n) is 2.78. The number of rotatable bonds is 8. The van der Waals surface area contributed by atoms with Crippen LogP contribution in [-0.4, -0.2) is 39.2 Å². The minimum absolute atomic E-state index is 0.0355. The molecular weight excluding hydrogens is 370 g/mol. The van der Waals surface area contributed by atoms with Crippen molar-refractivity contribution in [1.29, 1.82) is 0 Å². The van der Waals surface area contributed by atoms with Crippen LogP contribution < -0.4 is 14.8 Å². The summed E-state index contributed by atoms with van der Waals surface area (Å²) in [6.07, 6.45) is 0.569. The lowest BCUT2D eigenvalue weighted by molar-refractivity contribution is -0.122. The number of hydrogen-bond acceptors (Lipinski definition) is 6. The molecule has 0 bridgehead atoms. The molecule has 9 heteroatoms. The van der Waals surface area contributed by atoms with Gasteiger partial charge in [-0.05, 0) is 45.7 Å². The number of ether oxygens (including phenoxy) is 1. The minimum Gasteiger partial charge on any atom is -0.496 e. The maximum atomic E-state index is 12.5. The molecule has 1 aromatic heterocycles. The first-order valence-electron chi connectivity index (χ1n) is 8.52. The third-order valence-electron chi connectivity index (χ3n) is 4.09. The fraction of sp³-hybridized carbons (Fsp3) is 0.444. The first-order chi connectivity index (χ1) is 12.7. The standard InChI is InChI=1S/C18H25N3O5S/c1-11-6-7-16(25-5)15(10-11)8-9-19-18(22)13(3)21-27(23,24)17-12(2)20-26-14(17)4/h6-7,10,13,21H,8-9H2,1-5H3,(H,19,22)/t13-/m1/s1. The van der Waals surface area contributed by atoms with Gasteiger partial charge in [0.15, 0.2) is 5.76 Å². The number of hydrogen-bond donors (Lipinski definition) is 2. The smallest absolute Gasteiger partial charge is 0.246 e. The van der Waals surface area contributed by atoms with Gasteiger partial charge in [0.2, 0.25) is 15.9 Å². The molecule has 0 saturated heterocycles. The molecule has 0 saturated carbocycles. The van der Waals surface area contributed by atoms with Gasteiger partial charge in [-0.3, -0.25) is 4.79 Å². The van der Waals surface area contributed by atoms with Gasteiger partial charge in [-0.15, -0.1) is 0 Å². The van der Waals surface area contributed by atoms with Crippen molar-refractivity contribution in [3.8, 4) is 5.75 Å². The SMILES string of the molecule is COc1ccc(C)cc1CCNC(=O)[C@@H](C)NS(=O)(=O)c1c(C)noc1C. The molecule has 0 aliphatic rings. The summed E-state index contributed by atoms with van der Waals surface area (Å²) in [5.74, 6) is 0.512. The molecule has 2 N–H and O–H groups in total. The van der Waals surface area contributed by atoms with Crippen LogP contribution in [0.3, 0.4) is 0 Å². The number of aryl methyl sites for hydroxylation is 3. The molecule has 0 aliphatic carbocycles. The zero-order valence-electron chi connectivity index (χ0n) is 16.1. The number of carbonyl (C=O) groups excluding carboxylic acids is 1. The molecule has 1 amide bonds. The third kappa shape index (κ3) is 5.08. The Hall–Kier alpha value is -2.39. The second kappa shape index (κ2) is 8.53. The van der Waals surface area contributed by atoms with Crippen molar-refractivity contribution in [2.45, 2.75) is 45.1 Å². The van der Waals surface area contributed by atoms with Crippen molar-refractivity contribution < 1.29 is 22.5 Å². The highest BCUT2D eigenvalue weighted by Crippen LogP contribution is 2.20. The molecular formula is C18H25N3O5S. The Labute approximate surface area is 159 Å².